The number of nitrogens with one attached hydrogen (secondary N) is 2. The Bertz CT molecular complexity index is 1690. The maximum atomic E-state index is 13.5. The van der Waals surface area contributed by atoms with Gasteiger partial charge in [-0.25, -0.2) is 15.0 Å². The summed E-state index contributed by atoms with van der Waals surface area (Å²) in [5.74, 6) is 0.656. The molecule has 0 aliphatic rings. The third kappa shape index (κ3) is 5.09. The first-order chi connectivity index (χ1) is 18.7. The molecule has 6 rings (SSSR count). The molecule has 2 N–H and O–H groups in total. The zero-order valence-electron chi connectivity index (χ0n) is 20.1. The predicted octanol–water partition coefficient (Wildman–Crippen LogP) is 6.07. The number of hydrogen-bond donors (Lipinski definition) is 2. The highest BCUT2D eigenvalue weighted by Gasteiger charge is 2.17. The van der Waals surface area contributed by atoms with Gasteiger partial charge in [0.05, 0.1) is 15.9 Å². The lowest BCUT2D eigenvalue weighted by atomic mass is 10.1. The average molecular weight is 516 g/mol. The lowest BCUT2D eigenvalue weighted by Gasteiger charge is -2.12. The number of para-hydroxylation sites is 1. The number of carbonyl (C=O) groups excluding carboxylic acids is 1. The lowest BCUT2D eigenvalue weighted by Crippen LogP contribution is -2.16. The first-order valence-electron chi connectivity index (χ1n) is 11.9. The number of amides is 1. The standard InChI is InChI=1S/C29H21N7OS/c37-28(34-22-11-5-4-10-21(22)29-35-23-12-14-31-18-25(23)38-29)24-15-26(32-17-19-7-6-13-30-16-19)36-27(33-24)20-8-2-1-3-9-20/h1-16,18H,17H2,(H,34,37)(H,32,33,36). The number of benzene rings is 2. The Labute approximate surface area is 222 Å². The number of hydrogen-bond acceptors (Lipinski definition) is 8. The van der Waals surface area contributed by atoms with Gasteiger partial charge < -0.3 is 10.6 Å². The summed E-state index contributed by atoms with van der Waals surface area (Å²) >= 11 is 1.53. The number of rotatable bonds is 7. The molecular weight excluding hydrogens is 494 g/mol. The second-order valence-electron chi connectivity index (χ2n) is 8.41. The van der Waals surface area contributed by atoms with Crippen LogP contribution in [0.15, 0.2) is 104 Å². The van der Waals surface area contributed by atoms with Crippen LogP contribution < -0.4 is 10.6 Å². The van der Waals surface area contributed by atoms with Crippen molar-refractivity contribution < 1.29 is 4.79 Å². The summed E-state index contributed by atoms with van der Waals surface area (Å²) in [7, 11) is 0. The number of fused-ring (bicyclic) bond motifs is 1. The fraction of sp³-hybridized carbons (Fsp3) is 0.0345. The van der Waals surface area contributed by atoms with Gasteiger partial charge in [0.2, 0.25) is 0 Å². The van der Waals surface area contributed by atoms with E-state index in [2.05, 4.69) is 30.6 Å². The van der Waals surface area contributed by atoms with E-state index in [4.69, 9.17) is 4.98 Å². The van der Waals surface area contributed by atoms with E-state index in [1.54, 1.807) is 30.9 Å². The smallest absolute Gasteiger partial charge is 0.274 e. The summed E-state index contributed by atoms with van der Waals surface area (Å²) in [6.45, 7) is 0.509. The van der Waals surface area contributed by atoms with E-state index >= 15 is 0 Å². The normalized spacial score (nSPS) is 10.8. The summed E-state index contributed by atoms with van der Waals surface area (Å²) in [5.41, 5.74) is 4.40. The molecule has 4 heterocycles. The van der Waals surface area contributed by atoms with E-state index in [0.717, 1.165) is 31.9 Å². The third-order valence-electron chi connectivity index (χ3n) is 5.78. The van der Waals surface area contributed by atoms with Crippen molar-refractivity contribution in [2.75, 3.05) is 10.6 Å². The minimum absolute atomic E-state index is 0.246. The van der Waals surface area contributed by atoms with Gasteiger partial charge in [-0.05, 0) is 29.8 Å². The maximum Gasteiger partial charge on any atom is 0.274 e. The Morgan fingerprint density at radius 3 is 2.50 bits per heavy atom. The second-order valence-corrected chi connectivity index (χ2v) is 9.44. The van der Waals surface area contributed by atoms with Crippen molar-refractivity contribution in [1.82, 2.24) is 24.9 Å². The van der Waals surface area contributed by atoms with E-state index in [1.807, 2.05) is 72.8 Å². The number of nitrogens with zero attached hydrogens (tertiary/aromatic N) is 5. The summed E-state index contributed by atoms with van der Waals surface area (Å²) in [5, 5.41) is 7.13. The van der Waals surface area contributed by atoms with Crippen LogP contribution in [0.2, 0.25) is 0 Å². The SMILES string of the molecule is O=C(Nc1ccccc1-c1nc2ccncc2s1)c1cc(NCc2cccnc2)nc(-c2ccccc2)n1. The summed E-state index contributed by atoms with van der Waals surface area (Å²) in [6.07, 6.45) is 7.03. The molecule has 2 aromatic carbocycles. The Morgan fingerprint density at radius 2 is 1.66 bits per heavy atom. The van der Waals surface area contributed by atoms with Crippen LogP contribution in [0.4, 0.5) is 11.5 Å². The molecule has 0 fully saturated rings. The lowest BCUT2D eigenvalue weighted by molar-refractivity contribution is 0.102. The molecule has 4 aromatic heterocycles. The number of carbonyl (C=O) groups is 1. The van der Waals surface area contributed by atoms with E-state index in [9.17, 15) is 4.79 Å². The van der Waals surface area contributed by atoms with Crippen LogP contribution in [-0.2, 0) is 6.54 Å². The Morgan fingerprint density at radius 1 is 0.816 bits per heavy atom. The molecule has 0 spiro atoms. The second kappa shape index (κ2) is 10.5. The fourth-order valence-electron chi connectivity index (χ4n) is 3.93. The van der Waals surface area contributed by atoms with Crippen LogP contribution in [0.5, 0.6) is 0 Å². The first-order valence-corrected chi connectivity index (χ1v) is 12.7. The van der Waals surface area contributed by atoms with Crippen molar-refractivity contribution >= 4 is 39.0 Å². The molecule has 38 heavy (non-hydrogen) atoms. The van der Waals surface area contributed by atoms with Gasteiger partial charge in [0.1, 0.15) is 16.5 Å². The van der Waals surface area contributed by atoms with Crippen molar-refractivity contribution in [3.8, 4) is 22.0 Å². The number of pyridine rings is 2. The molecule has 0 saturated heterocycles. The fourth-order valence-corrected chi connectivity index (χ4v) is 4.90. The molecule has 0 saturated carbocycles. The highest BCUT2D eigenvalue weighted by Crippen LogP contribution is 2.34. The van der Waals surface area contributed by atoms with Gasteiger partial charge in [0.15, 0.2) is 5.82 Å². The van der Waals surface area contributed by atoms with Gasteiger partial charge in [-0.1, -0.05) is 48.5 Å². The largest absolute Gasteiger partial charge is 0.366 e. The zero-order chi connectivity index (χ0) is 25.7. The molecular formula is C29H21N7OS. The van der Waals surface area contributed by atoms with Crippen LogP contribution in [0, 0.1) is 0 Å². The Kier molecular flexibility index (Phi) is 6.48. The van der Waals surface area contributed by atoms with Crippen molar-refractivity contribution in [1.29, 1.82) is 0 Å². The highest BCUT2D eigenvalue weighted by molar-refractivity contribution is 7.21. The topological polar surface area (TPSA) is 106 Å². The van der Waals surface area contributed by atoms with Crippen LogP contribution in [0.3, 0.4) is 0 Å². The van der Waals surface area contributed by atoms with E-state index < -0.39 is 0 Å². The maximum absolute atomic E-state index is 13.5. The minimum atomic E-state index is -0.343. The van der Waals surface area contributed by atoms with Gasteiger partial charge in [0.25, 0.3) is 5.91 Å². The molecule has 8 nitrogen and oxygen atoms in total. The molecule has 1 amide bonds. The van der Waals surface area contributed by atoms with Crippen LogP contribution in [0.25, 0.3) is 32.2 Å². The minimum Gasteiger partial charge on any atom is -0.366 e. The van der Waals surface area contributed by atoms with Gasteiger partial charge in [-0.3, -0.25) is 14.8 Å². The predicted molar refractivity (Wildman–Crippen MR) is 150 cm³/mol. The first kappa shape index (κ1) is 23.4. The average Bonchev–Trinajstić information content (AvgIpc) is 3.41. The third-order valence-corrected chi connectivity index (χ3v) is 6.82. The summed E-state index contributed by atoms with van der Waals surface area (Å²) < 4.78 is 0.983. The van der Waals surface area contributed by atoms with Crippen LogP contribution in [0.1, 0.15) is 16.1 Å². The van der Waals surface area contributed by atoms with Crippen molar-refractivity contribution in [2.24, 2.45) is 0 Å². The molecule has 0 atom stereocenters. The van der Waals surface area contributed by atoms with Crippen molar-refractivity contribution in [3.05, 3.63) is 115 Å². The van der Waals surface area contributed by atoms with Crippen LogP contribution >= 0.6 is 11.3 Å². The molecule has 0 unspecified atom stereocenters. The Hall–Kier alpha value is -5.02. The van der Waals surface area contributed by atoms with Gasteiger partial charge in [-0.2, -0.15) is 0 Å². The molecule has 0 aliphatic heterocycles. The summed E-state index contributed by atoms with van der Waals surface area (Å²) in [6, 6.07) is 24.6. The molecule has 184 valence electrons. The molecule has 9 heteroatoms. The van der Waals surface area contributed by atoms with Crippen molar-refractivity contribution in [3.63, 3.8) is 0 Å². The van der Waals surface area contributed by atoms with E-state index in [1.165, 1.54) is 11.3 Å². The molecule has 0 radical (unpaired) electrons. The molecule has 0 bridgehead atoms. The number of anilines is 2. The monoisotopic (exact) mass is 515 g/mol. The summed E-state index contributed by atoms with van der Waals surface area (Å²) in [4.78, 5) is 35.8. The number of thiazole rings is 1. The molecule has 6 aromatic rings. The van der Waals surface area contributed by atoms with E-state index in [-0.39, 0.29) is 11.6 Å². The van der Waals surface area contributed by atoms with Gasteiger partial charge in [-0.15, -0.1) is 11.3 Å². The number of aromatic nitrogens is 5. The molecule has 0 aliphatic carbocycles. The van der Waals surface area contributed by atoms with Gasteiger partial charge >= 0.3 is 0 Å². The zero-order valence-corrected chi connectivity index (χ0v) is 20.9. The van der Waals surface area contributed by atoms with Crippen LogP contribution in [-0.4, -0.2) is 30.8 Å². The van der Waals surface area contributed by atoms with Gasteiger partial charge in [0, 0.05) is 48.5 Å². The highest BCUT2D eigenvalue weighted by atomic mass is 32.1. The van der Waals surface area contributed by atoms with E-state index in [0.29, 0.717) is 23.9 Å². The van der Waals surface area contributed by atoms with Crippen molar-refractivity contribution in [2.45, 2.75) is 6.54 Å². The Balaban J connectivity index is 1.32. The quantitative estimate of drug-likeness (QED) is 0.266.